The molecule has 0 aliphatic rings. The molecule has 0 aliphatic carbocycles. The van der Waals surface area contributed by atoms with Crippen molar-refractivity contribution < 1.29 is 18.3 Å². The SMILES string of the molecule is COc1ccc(Nc2cc(C)nc(Nc3ccc(NC(=O)Nc4cc(F)ccc4F)cc3)n2)cc1. The van der Waals surface area contributed by atoms with E-state index in [0.717, 1.165) is 35.3 Å². The van der Waals surface area contributed by atoms with E-state index in [1.807, 2.05) is 37.3 Å². The largest absolute Gasteiger partial charge is 0.497 e. The van der Waals surface area contributed by atoms with Gasteiger partial charge in [-0.2, -0.15) is 4.98 Å². The minimum Gasteiger partial charge on any atom is -0.497 e. The van der Waals surface area contributed by atoms with Gasteiger partial charge in [-0.3, -0.25) is 0 Å². The Hall–Kier alpha value is -4.73. The lowest BCUT2D eigenvalue weighted by Gasteiger charge is -2.11. The third kappa shape index (κ3) is 6.41. The van der Waals surface area contributed by atoms with Crippen molar-refractivity contribution in [1.29, 1.82) is 0 Å². The first-order valence-corrected chi connectivity index (χ1v) is 10.5. The van der Waals surface area contributed by atoms with Crippen LogP contribution in [0.25, 0.3) is 0 Å². The first-order valence-electron chi connectivity index (χ1n) is 10.5. The van der Waals surface area contributed by atoms with Crippen LogP contribution in [-0.4, -0.2) is 23.1 Å². The molecule has 10 heteroatoms. The zero-order valence-corrected chi connectivity index (χ0v) is 18.9. The van der Waals surface area contributed by atoms with Crippen LogP contribution in [0.4, 0.5) is 48.1 Å². The number of amides is 2. The van der Waals surface area contributed by atoms with Gasteiger partial charge in [0.25, 0.3) is 0 Å². The first-order chi connectivity index (χ1) is 16.9. The lowest BCUT2D eigenvalue weighted by Crippen LogP contribution is -2.20. The molecular formula is C25H22F2N6O2. The summed E-state index contributed by atoms with van der Waals surface area (Å²) >= 11 is 0. The fourth-order valence-corrected chi connectivity index (χ4v) is 3.15. The maximum absolute atomic E-state index is 13.7. The van der Waals surface area contributed by atoms with Gasteiger partial charge in [0, 0.05) is 34.9 Å². The van der Waals surface area contributed by atoms with Crippen LogP contribution in [0.3, 0.4) is 0 Å². The molecule has 1 aromatic heterocycles. The van der Waals surface area contributed by atoms with Gasteiger partial charge in [-0.25, -0.2) is 18.6 Å². The van der Waals surface area contributed by atoms with Crippen LogP contribution in [0, 0.1) is 18.6 Å². The Morgan fingerprint density at radius 3 is 2.17 bits per heavy atom. The van der Waals surface area contributed by atoms with Crippen LogP contribution >= 0.6 is 0 Å². The summed E-state index contributed by atoms with van der Waals surface area (Å²) in [6.45, 7) is 1.86. The molecule has 3 aromatic carbocycles. The standard InChI is InChI=1S/C25H22F2N6O2/c1-15-13-23(29-17-8-10-20(35-2)11-9-17)33-24(28-15)30-18-4-6-19(7-5-18)31-25(34)32-22-14-16(26)3-12-21(22)27/h3-14H,1-2H3,(H2,31,32,34)(H2,28,29,30,33). The average molecular weight is 476 g/mol. The molecule has 0 saturated carbocycles. The van der Waals surface area contributed by atoms with Crippen LogP contribution < -0.4 is 26.0 Å². The number of urea groups is 1. The number of aromatic nitrogens is 2. The maximum atomic E-state index is 13.7. The number of anilines is 6. The molecule has 178 valence electrons. The highest BCUT2D eigenvalue weighted by Gasteiger charge is 2.09. The van der Waals surface area contributed by atoms with Crippen LogP contribution in [0.15, 0.2) is 72.8 Å². The monoisotopic (exact) mass is 476 g/mol. The molecule has 0 atom stereocenters. The molecule has 4 rings (SSSR count). The first kappa shape index (κ1) is 23.4. The Bertz CT molecular complexity index is 1330. The molecule has 0 saturated heterocycles. The molecule has 4 N–H and O–H groups in total. The van der Waals surface area contributed by atoms with Crippen molar-refractivity contribution in [3.8, 4) is 5.75 Å². The summed E-state index contributed by atoms with van der Waals surface area (Å²) in [7, 11) is 1.61. The van der Waals surface area contributed by atoms with Gasteiger partial charge in [0.15, 0.2) is 0 Å². The summed E-state index contributed by atoms with van der Waals surface area (Å²) in [5, 5.41) is 11.2. The van der Waals surface area contributed by atoms with E-state index in [4.69, 9.17) is 4.74 Å². The zero-order chi connectivity index (χ0) is 24.8. The minimum atomic E-state index is -0.736. The van der Waals surface area contributed by atoms with E-state index in [1.165, 1.54) is 0 Å². The number of rotatable bonds is 7. The van der Waals surface area contributed by atoms with Crippen LogP contribution in [0.2, 0.25) is 0 Å². The molecule has 2 amide bonds. The molecule has 8 nitrogen and oxygen atoms in total. The summed E-state index contributed by atoms with van der Waals surface area (Å²) in [6, 6.07) is 18.1. The van der Waals surface area contributed by atoms with Crippen molar-refractivity contribution in [2.45, 2.75) is 6.92 Å². The highest BCUT2D eigenvalue weighted by molar-refractivity contribution is 5.99. The van der Waals surface area contributed by atoms with Crippen LogP contribution in [0.5, 0.6) is 5.75 Å². The number of carbonyl (C=O) groups excluding carboxylic acids is 1. The van der Waals surface area contributed by atoms with Crippen molar-refractivity contribution in [3.05, 3.63) is 90.1 Å². The van der Waals surface area contributed by atoms with Gasteiger partial charge in [0.1, 0.15) is 23.2 Å². The number of hydrogen-bond acceptors (Lipinski definition) is 6. The fraction of sp³-hybridized carbons (Fsp3) is 0.0800. The number of nitrogens with zero attached hydrogens (tertiary/aromatic N) is 2. The molecule has 0 aliphatic heterocycles. The van der Waals surface area contributed by atoms with Gasteiger partial charge < -0.3 is 26.0 Å². The summed E-state index contributed by atoms with van der Waals surface area (Å²) < 4.78 is 32.1. The average Bonchev–Trinajstić information content (AvgIpc) is 2.83. The maximum Gasteiger partial charge on any atom is 0.323 e. The van der Waals surface area contributed by atoms with E-state index < -0.39 is 17.7 Å². The van der Waals surface area contributed by atoms with Crippen molar-refractivity contribution in [3.63, 3.8) is 0 Å². The summed E-state index contributed by atoms with van der Waals surface area (Å²) in [5.74, 6) is 0.372. The molecule has 0 bridgehead atoms. The Balaban J connectivity index is 1.39. The van der Waals surface area contributed by atoms with Crippen LogP contribution in [0.1, 0.15) is 5.69 Å². The van der Waals surface area contributed by atoms with Crippen LogP contribution in [-0.2, 0) is 0 Å². The summed E-state index contributed by atoms with van der Waals surface area (Å²) in [5.41, 5.74) is 2.50. The van der Waals surface area contributed by atoms with E-state index >= 15 is 0 Å². The normalized spacial score (nSPS) is 10.4. The van der Waals surface area contributed by atoms with Gasteiger partial charge in [-0.1, -0.05) is 0 Å². The van der Waals surface area contributed by atoms with Crippen molar-refractivity contribution in [2.24, 2.45) is 0 Å². The van der Waals surface area contributed by atoms with Gasteiger partial charge in [-0.15, -0.1) is 0 Å². The predicted octanol–water partition coefficient (Wildman–Crippen LogP) is 6.20. The number of aryl methyl sites for hydroxylation is 1. The molecule has 0 fully saturated rings. The third-order valence-electron chi connectivity index (χ3n) is 4.79. The second kappa shape index (κ2) is 10.5. The van der Waals surface area contributed by atoms with Gasteiger partial charge in [-0.05, 0) is 67.6 Å². The summed E-state index contributed by atoms with van der Waals surface area (Å²) in [6.07, 6.45) is 0. The predicted molar refractivity (Wildman–Crippen MR) is 132 cm³/mol. The van der Waals surface area contributed by atoms with Crippen molar-refractivity contribution in [1.82, 2.24) is 9.97 Å². The second-order valence-corrected chi connectivity index (χ2v) is 7.48. The molecule has 0 spiro atoms. The minimum absolute atomic E-state index is 0.253. The van der Waals surface area contributed by atoms with Crippen molar-refractivity contribution >= 4 is 40.5 Å². The second-order valence-electron chi connectivity index (χ2n) is 7.48. The molecule has 0 radical (unpaired) electrons. The quantitative estimate of drug-likeness (QED) is 0.253. The Labute approximate surface area is 200 Å². The van der Waals surface area contributed by atoms with E-state index in [-0.39, 0.29) is 5.69 Å². The lowest BCUT2D eigenvalue weighted by atomic mass is 10.2. The molecule has 35 heavy (non-hydrogen) atoms. The third-order valence-corrected chi connectivity index (χ3v) is 4.79. The Morgan fingerprint density at radius 2 is 1.46 bits per heavy atom. The highest BCUT2D eigenvalue weighted by Crippen LogP contribution is 2.22. The Morgan fingerprint density at radius 1 is 0.800 bits per heavy atom. The number of ether oxygens (including phenoxy) is 1. The number of methoxy groups -OCH3 is 1. The number of hydrogen-bond donors (Lipinski definition) is 4. The smallest absolute Gasteiger partial charge is 0.323 e. The Kier molecular flexibility index (Phi) is 7.01. The topological polar surface area (TPSA) is 100 Å². The number of benzene rings is 3. The lowest BCUT2D eigenvalue weighted by molar-refractivity contribution is 0.262. The molecular weight excluding hydrogens is 454 g/mol. The van der Waals surface area contributed by atoms with Crippen molar-refractivity contribution in [2.75, 3.05) is 28.4 Å². The van der Waals surface area contributed by atoms with Gasteiger partial charge >= 0.3 is 6.03 Å². The molecule has 0 unspecified atom stereocenters. The van der Waals surface area contributed by atoms with E-state index in [2.05, 4.69) is 31.2 Å². The highest BCUT2D eigenvalue weighted by atomic mass is 19.1. The molecule has 1 heterocycles. The van der Waals surface area contributed by atoms with Gasteiger partial charge in [0.2, 0.25) is 5.95 Å². The fourth-order valence-electron chi connectivity index (χ4n) is 3.15. The summed E-state index contributed by atoms with van der Waals surface area (Å²) in [4.78, 5) is 21.0. The number of halogens is 2. The number of carbonyl (C=O) groups is 1. The van der Waals surface area contributed by atoms with E-state index in [1.54, 1.807) is 31.4 Å². The van der Waals surface area contributed by atoms with E-state index in [0.29, 0.717) is 23.1 Å². The molecule has 4 aromatic rings. The van der Waals surface area contributed by atoms with Gasteiger partial charge in [0.05, 0.1) is 12.8 Å². The number of nitrogens with one attached hydrogen (secondary N) is 4. The zero-order valence-electron chi connectivity index (χ0n) is 18.9. The van der Waals surface area contributed by atoms with E-state index in [9.17, 15) is 13.6 Å².